The Kier molecular flexibility index (Phi) is 7.98. The van der Waals surface area contributed by atoms with Crippen molar-refractivity contribution in [2.75, 3.05) is 64.6 Å². The molecule has 3 aromatic rings. The number of carbonyl (C=O) groups excluding carboxylic acids is 1. The number of nitrogens with zero attached hydrogens (tertiary/aromatic N) is 3. The molecule has 4 rings (SSSR count). The van der Waals surface area contributed by atoms with E-state index in [1.165, 1.54) is 11.3 Å². The molecule has 1 aliphatic heterocycles. The number of amides is 1. The largest absolute Gasteiger partial charge is 0.497 e. The standard InChI is InChI=1S/C24H29N3O5S/c1-3-31-18-4-6-19(7-5-18)32-17-23(28)27(11-10-26-12-14-30-15-13-26)24-25-21-9-8-20(29-2)16-22(21)33-24/h4-9,16H,3,10-15,17H2,1-2H3. The first-order valence-electron chi connectivity index (χ1n) is 11.1. The second-order valence-corrected chi connectivity index (χ2v) is 8.53. The average Bonchev–Trinajstić information content (AvgIpc) is 3.27. The normalized spacial score (nSPS) is 14.2. The highest BCUT2D eigenvalue weighted by atomic mass is 32.1. The fraction of sp³-hybridized carbons (Fsp3) is 0.417. The fourth-order valence-corrected chi connectivity index (χ4v) is 4.59. The lowest BCUT2D eigenvalue weighted by Crippen LogP contribution is -2.44. The van der Waals surface area contributed by atoms with Crippen LogP contribution in [0.1, 0.15) is 6.92 Å². The van der Waals surface area contributed by atoms with Crippen LogP contribution in [0.2, 0.25) is 0 Å². The summed E-state index contributed by atoms with van der Waals surface area (Å²) in [4.78, 5) is 22.0. The van der Waals surface area contributed by atoms with Gasteiger partial charge in [-0.15, -0.1) is 0 Å². The number of hydrogen-bond donors (Lipinski definition) is 0. The number of anilines is 1. The van der Waals surface area contributed by atoms with Gasteiger partial charge in [0.15, 0.2) is 11.7 Å². The molecule has 0 atom stereocenters. The molecule has 33 heavy (non-hydrogen) atoms. The molecule has 1 saturated heterocycles. The molecule has 1 fully saturated rings. The lowest BCUT2D eigenvalue weighted by Gasteiger charge is -2.29. The Morgan fingerprint density at radius 1 is 1.09 bits per heavy atom. The highest BCUT2D eigenvalue weighted by molar-refractivity contribution is 7.22. The molecule has 1 aromatic heterocycles. The van der Waals surface area contributed by atoms with E-state index < -0.39 is 0 Å². The van der Waals surface area contributed by atoms with Gasteiger partial charge in [0.1, 0.15) is 17.2 Å². The predicted octanol–water partition coefficient (Wildman–Crippen LogP) is 3.45. The Balaban J connectivity index is 1.48. The summed E-state index contributed by atoms with van der Waals surface area (Å²) in [6.45, 7) is 6.91. The van der Waals surface area contributed by atoms with Gasteiger partial charge in [0.05, 0.1) is 37.1 Å². The Labute approximate surface area is 197 Å². The van der Waals surface area contributed by atoms with Gasteiger partial charge < -0.3 is 18.9 Å². The molecule has 0 saturated carbocycles. The summed E-state index contributed by atoms with van der Waals surface area (Å²) in [5.74, 6) is 2.02. The second kappa shape index (κ2) is 11.3. The van der Waals surface area contributed by atoms with Crippen LogP contribution in [-0.4, -0.2) is 75.5 Å². The van der Waals surface area contributed by atoms with Gasteiger partial charge in [-0.25, -0.2) is 4.98 Å². The van der Waals surface area contributed by atoms with Gasteiger partial charge in [0.25, 0.3) is 5.91 Å². The van der Waals surface area contributed by atoms with Crippen LogP contribution in [0.5, 0.6) is 17.2 Å². The van der Waals surface area contributed by atoms with Gasteiger partial charge in [-0.05, 0) is 49.4 Å². The Morgan fingerprint density at radius 3 is 2.48 bits per heavy atom. The molecule has 0 unspecified atom stereocenters. The summed E-state index contributed by atoms with van der Waals surface area (Å²) >= 11 is 1.48. The first kappa shape index (κ1) is 23.3. The lowest BCUT2D eigenvalue weighted by molar-refractivity contribution is -0.120. The van der Waals surface area contributed by atoms with E-state index in [0.717, 1.165) is 54.6 Å². The Morgan fingerprint density at radius 2 is 1.79 bits per heavy atom. The van der Waals surface area contributed by atoms with Crippen LogP contribution in [0, 0.1) is 0 Å². The van der Waals surface area contributed by atoms with E-state index in [-0.39, 0.29) is 12.5 Å². The van der Waals surface area contributed by atoms with E-state index in [4.69, 9.17) is 23.9 Å². The average molecular weight is 472 g/mol. The van der Waals surface area contributed by atoms with E-state index >= 15 is 0 Å². The van der Waals surface area contributed by atoms with Gasteiger partial charge in [0, 0.05) is 26.2 Å². The van der Waals surface area contributed by atoms with Crippen LogP contribution in [0.4, 0.5) is 5.13 Å². The Bertz CT molecular complexity index is 1050. The maximum Gasteiger partial charge on any atom is 0.266 e. The summed E-state index contributed by atoms with van der Waals surface area (Å²) < 4.78 is 23.0. The van der Waals surface area contributed by atoms with Gasteiger partial charge in [-0.1, -0.05) is 11.3 Å². The van der Waals surface area contributed by atoms with Crippen LogP contribution in [0.3, 0.4) is 0 Å². The molecular formula is C24H29N3O5S. The SMILES string of the molecule is CCOc1ccc(OCC(=O)N(CCN2CCOCC2)c2nc3ccc(OC)cc3s2)cc1. The van der Waals surface area contributed by atoms with Crippen molar-refractivity contribution in [1.29, 1.82) is 0 Å². The summed E-state index contributed by atoms with van der Waals surface area (Å²) in [5.41, 5.74) is 0.840. The summed E-state index contributed by atoms with van der Waals surface area (Å²) in [5, 5.41) is 0.659. The van der Waals surface area contributed by atoms with Crippen molar-refractivity contribution >= 4 is 32.6 Å². The van der Waals surface area contributed by atoms with Crippen LogP contribution in [0.15, 0.2) is 42.5 Å². The molecule has 9 heteroatoms. The van der Waals surface area contributed by atoms with Crippen molar-refractivity contribution in [3.05, 3.63) is 42.5 Å². The molecule has 0 N–H and O–H groups in total. The minimum atomic E-state index is -0.136. The minimum Gasteiger partial charge on any atom is -0.497 e. The molecule has 2 heterocycles. The molecule has 176 valence electrons. The van der Waals surface area contributed by atoms with E-state index in [0.29, 0.717) is 24.0 Å². The maximum absolute atomic E-state index is 13.2. The molecule has 1 amide bonds. The zero-order chi connectivity index (χ0) is 23.0. The summed E-state index contributed by atoms with van der Waals surface area (Å²) in [7, 11) is 1.64. The molecule has 0 aliphatic carbocycles. The van der Waals surface area contributed by atoms with Crippen molar-refractivity contribution in [2.24, 2.45) is 0 Å². The number of carbonyl (C=O) groups is 1. The molecule has 8 nitrogen and oxygen atoms in total. The zero-order valence-corrected chi connectivity index (χ0v) is 19.8. The van der Waals surface area contributed by atoms with Crippen molar-refractivity contribution < 1.29 is 23.7 Å². The first-order valence-corrected chi connectivity index (χ1v) is 11.9. The number of ether oxygens (including phenoxy) is 4. The number of thiazole rings is 1. The van der Waals surface area contributed by atoms with E-state index in [9.17, 15) is 4.79 Å². The molecule has 0 bridgehead atoms. The predicted molar refractivity (Wildman–Crippen MR) is 129 cm³/mol. The highest BCUT2D eigenvalue weighted by Crippen LogP contribution is 2.31. The molecule has 1 aliphatic rings. The highest BCUT2D eigenvalue weighted by Gasteiger charge is 2.22. The first-order chi connectivity index (χ1) is 16.2. The monoisotopic (exact) mass is 471 g/mol. The maximum atomic E-state index is 13.2. The van der Waals surface area contributed by atoms with E-state index in [2.05, 4.69) is 4.90 Å². The van der Waals surface area contributed by atoms with E-state index in [1.807, 2.05) is 37.3 Å². The van der Waals surface area contributed by atoms with Crippen molar-refractivity contribution in [1.82, 2.24) is 9.88 Å². The third-order valence-electron chi connectivity index (χ3n) is 5.36. The number of aromatic nitrogens is 1. The van der Waals surface area contributed by atoms with Gasteiger partial charge >= 0.3 is 0 Å². The second-order valence-electron chi connectivity index (χ2n) is 7.52. The molecule has 0 spiro atoms. The number of morpholine rings is 1. The summed E-state index contributed by atoms with van der Waals surface area (Å²) in [6.07, 6.45) is 0. The lowest BCUT2D eigenvalue weighted by atomic mass is 10.3. The third-order valence-corrected chi connectivity index (χ3v) is 6.40. The van der Waals surface area contributed by atoms with Crippen molar-refractivity contribution in [3.8, 4) is 17.2 Å². The number of rotatable bonds is 10. The van der Waals surface area contributed by atoms with Gasteiger partial charge in [0.2, 0.25) is 0 Å². The number of methoxy groups -OCH3 is 1. The fourth-order valence-electron chi connectivity index (χ4n) is 3.55. The molecule has 0 radical (unpaired) electrons. The number of hydrogen-bond acceptors (Lipinski definition) is 8. The quantitative estimate of drug-likeness (QED) is 0.448. The van der Waals surface area contributed by atoms with Crippen molar-refractivity contribution in [3.63, 3.8) is 0 Å². The number of fused-ring (bicyclic) bond motifs is 1. The van der Waals surface area contributed by atoms with Crippen LogP contribution >= 0.6 is 11.3 Å². The van der Waals surface area contributed by atoms with Crippen molar-refractivity contribution in [2.45, 2.75) is 6.92 Å². The smallest absolute Gasteiger partial charge is 0.266 e. The van der Waals surface area contributed by atoms with Crippen LogP contribution < -0.4 is 19.1 Å². The minimum absolute atomic E-state index is 0.0731. The van der Waals surface area contributed by atoms with Gasteiger partial charge in [-0.3, -0.25) is 14.6 Å². The van der Waals surface area contributed by atoms with E-state index in [1.54, 1.807) is 24.1 Å². The third kappa shape index (κ3) is 6.13. The summed E-state index contributed by atoms with van der Waals surface area (Å²) in [6, 6.07) is 13.0. The molecule has 2 aromatic carbocycles. The Hall–Kier alpha value is -2.88. The topological polar surface area (TPSA) is 73.4 Å². The van der Waals surface area contributed by atoms with Crippen LogP contribution in [0.25, 0.3) is 10.2 Å². The zero-order valence-electron chi connectivity index (χ0n) is 19.0. The number of benzene rings is 2. The van der Waals surface area contributed by atoms with Crippen LogP contribution in [-0.2, 0) is 9.53 Å². The van der Waals surface area contributed by atoms with Gasteiger partial charge in [-0.2, -0.15) is 0 Å². The molecular weight excluding hydrogens is 442 g/mol.